The first-order chi connectivity index (χ1) is 14.0. The third kappa shape index (κ3) is 5.46. The summed E-state index contributed by atoms with van der Waals surface area (Å²) in [6.07, 6.45) is -0.102. The van der Waals surface area contributed by atoms with E-state index in [0.717, 1.165) is 5.56 Å². The lowest BCUT2D eigenvalue weighted by Crippen LogP contribution is -2.53. The summed E-state index contributed by atoms with van der Waals surface area (Å²) in [6.45, 7) is 7.89. The molecule has 0 amide bonds. The Morgan fingerprint density at radius 1 is 1.19 bits per heavy atom. The molecule has 1 aromatic rings. The predicted octanol–water partition coefficient (Wildman–Crippen LogP) is 4.00. The van der Waals surface area contributed by atoms with Gasteiger partial charge in [0, 0.05) is 11.6 Å². The molecule has 0 saturated carbocycles. The highest BCUT2D eigenvalue weighted by atomic mass is 32.2. The van der Waals surface area contributed by atoms with Crippen molar-refractivity contribution in [3.8, 4) is 0 Å². The van der Waals surface area contributed by atoms with Crippen LogP contribution in [0.3, 0.4) is 0 Å². The molecule has 0 fully saturated rings. The minimum absolute atomic E-state index is 0.00866. The number of fused-ring (bicyclic) bond motifs is 1. The van der Waals surface area contributed by atoms with E-state index in [1.165, 1.54) is 13.8 Å². The number of carbonyl (C=O) groups excluding carboxylic acids is 2. The first-order valence-electron chi connectivity index (χ1n) is 9.95. The second-order valence-corrected chi connectivity index (χ2v) is 10.9. The Morgan fingerprint density at radius 2 is 1.77 bits per heavy atom. The molecule has 10 heteroatoms. The van der Waals surface area contributed by atoms with Crippen molar-refractivity contribution in [1.29, 1.82) is 0 Å². The standard InChI is InChI=1S/C21H28F3NO5S/c1-13(2)16(25-31(28,29)21(22,23)24)12-20(18(27)30-19(3,4)5)11-10-14-8-6-7-9-15(14)17(20)26/h6-9,13,16,25H,10-12H2,1-5H3/t16-,20+/m1/s1. The van der Waals surface area contributed by atoms with Crippen LogP contribution in [0.2, 0.25) is 0 Å². The summed E-state index contributed by atoms with van der Waals surface area (Å²) >= 11 is 0. The Hall–Kier alpha value is -1.94. The third-order valence-corrected chi connectivity index (χ3v) is 6.51. The normalized spacial score (nSPS) is 21.0. The number of ketones is 1. The number of halogens is 3. The van der Waals surface area contributed by atoms with Gasteiger partial charge in [0.05, 0.1) is 0 Å². The van der Waals surface area contributed by atoms with E-state index >= 15 is 0 Å². The van der Waals surface area contributed by atoms with Crippen LogP contribution in [-0.2, 0) is 26.0 Å². The van der Waals surface area contributed by atoms with Crippen LogP contribution in [0.25, 0.3) is 0 Å². The predicted molar refractivity (Wildman–Crippen MR) is 109 cm³/mol. The number of benzene rings is 1. The molecular formula is C21H28F3NO5S. The van der Waals surface area contributed by atoms with Crippen molar-refractivity contribution in [3.63, 3.8) is 0 Å². The number of hydrogen-bond donors (Lipinski definition) is 1. The molecule has 0 saturated heterocycles. The van der Waals surface area contributed by atoms with Gasteiger partial charge in [-0.15, -0.1) is 0 Å². The van der Waals surface area contributed by atoms with Crippen LogP contribution in [0.1, 0.15) is 63.4 Å². The van der Waals surface area contributed by atoms with E-state index in [0.29, 0.717) is 12.0 Å². The topological polar surface area (TPSA) is 89.5 Å². The number of alkyl halides is 3. The maximum atomic E-state index is 13.5. The maximum Gasteiger partial charge on any atom is 0.511 e. The minimum atomic E-state index is -5.67. The number of carbonyl (C=O) groups is 2. The molecule has 2 atom stereocenters. The number of sulfonamides is 1. The molecule has 0 unspecified atom stereocenters. The number of aryl methyl sites for hydroxylation is 1. The van der Waals surface area contributed by atoms with Gasteiger partial charge in [-0.05, 0) is 51.5 Å². The molecule has 1 aliphatic carbocycles. The zero-order valence-electron chi connectivity index (χ0n) is 18.2. The average molecular weight is 464 g/mol. The number of ether oxygens (including phenoxy) is 1. The second kappa shape index (κ2) is 8.54. The van der Waals surface area contributed by atoms with Crippen molar-refractivity contribution >= 4 is 21.8 Å². The van der Waals surface area contributed by atoms with E-state index in [1.54, 1.807) is 49.8 Å². The summed E-state index contributed by atoms with van der Waals surface area (Å²) in [7, 11) is -5.67. The molecule has 0 aromatic heterocycles. The van der Waals surface area contributed by atoms with Crippen molar-refractivity contribution in [2.75, 3.05) is 0 Å². The average Bonchev–Trinajstić information content (AvgIpc) is 2.61. The molecule has 0 aliphatic heterocycles. The highest BCUT2D eigenvalue weighted by Gasteiger charge is 2.54. The van der Waals surface area contributed by atoms with E-state index in [4.69, 9.17) is 4.74 Å². The van der Waals surface area contributed by atoms with Crippen LogP contribution >= 0.6 is 0 Å². The van der Waals surface area contributed by atoms with Gasteiger partial charge in [-0.1, -0.05) is 38.1 Å². The molecule has 0 heterocycles. The van der Waals surface area contributed by atoms with Crippen LogP contribution < -0.4 is 4.72 Å². The van der Waals surface area contributed by atoms with Gasteiger partial charge in [0.2, 0.25) is 0 Å². The van der Waals surface area contributed by atoms with Gasteiger partial charge in [0.1, 0.15) is 11.0 Å². The van der Waals surface area contributed by atoms with Crippen LogP contribution in [0.5, 0.6) is 0 Å². The lowest BCUT2D eigenvalue weighted by atomic mass is 9.66. The highest BCUT2D eigenvalue weighted by Crippen LogP contribution is 2.42. The molecule has 1 N–H and O–H groups in total. The van der Waals surface area contributed by atoms with Crippen molar-refractivity contribution in [2.45, 2.75) is 71.0 Å². The fraction of sp³-hybridized carbons (Fsp3) is 0.619. The smallest absolute Gasteiger partial charge is 0.459 e. The summed E-state index contributed by atoms with van der Waals surface area (Å²) in [5.74, 6) is -2.06. The number of nitrogens with one attached hydrogen (secondary N) is 1. The molecule has 6 nitrogen and oxygen atoms in total. The van der Waals surface area contributed by atoms with Crippen LogP contribution in [0.4, 0.5) is 13.2 Å². The zero-order valence-corrected chi connectivity index (χ0v) is 19.0. The monoisotopic (exact) mass is 463 g/mol. The molecule has 0 spiro atoms. The quantitative estimate of drug-likeness (QED) is 0.509. The van der Waals surface area contributed by atoms with E-state index in [1.807, 2.05) is 0 Å². The van der Waals surface area contributed by atoms with Crippen LogP contribution in [0, 0.1) is 11.3 Å². The van der Waals surface area contributed by atoms with Crippen molar-refractivity contribution < 1.29 is 35.9 Å². The van der Waals surface area contributed by atoms with E-state index < -0.39 is 56.7 Å². The summed E-state index contributed by atoms with van der Waals surface area (Å²) < 4.78 is 69.6. The Labute approximate surface area is 180 Å². The van der Waals surface area contributed by atoms with Crippen LogP contribution in [-0.4, -0.2) is 37.3 Å². The minimum Gasteiger partial charge on any atom is -0.459 e. The Bertz CT molecular complexity index is 950. The van der Waals surface area contributed by atoms with E-state index in [-0.39, 0.29) is 6.42 Å². The van der Waals surface area contributed by atoms with Gasteiger partial charge < -0.3 is 4.74 Å². The maximum absolute atomic E-state index is 13.5. The van der Waals surface area contributed by atoms with Gasteiger partial charge in [-0.2, -0.15) is 13.2 Å². The fourth-order valence-corrected chi connectivity index (χ4v) is 4.47. The number of rotatable bonds is 6. The van der Waals surface area contributed by atoms with Gasteiger partial charge in [-0.25, -0.2) is 13.1 Å². The summed E-state index contributed by atoms with van der Waals surface area (Å²) in [5.41, 5.74) is -7.24. The van der Waals surface area contributed by atoms with Gasteiger partial charge in [0.15, 0.2) is 5.78 Å². The van der Waals surface area contributed by atoms with Gasteiger partial charge in [-0.3, -0.25) is 9.59 Å². The first kappa shape index (κ1) is 25.3. The van der Waals surface area contributed by atoms with Crippen molar-refractivity contribution in [3.05, 3.63) is 35.4 Å². The summed E-state index contributed by atoms with van der Waals surface area (Å²) in [6, 6.07) is 5.38. The largest absolute Gasteiger partial charge is 0.511 e. The molecule has 2 rings (SSSR count). The Balaban J connectivity index is 2.53. The number of esters is 1. The molecule has 0 radical (unpaired) electrons. The number of hydrogen-bond acceptors (Lipinski definition) is 5. The zero-order chi connectivity index (χ0) is 23.8. The third-order valence-electron chi connectivity index (χ3n) is 5.29. The Morgan fingerprint density at radius 3 is 2.29 bits per heavy atom. The van der Waals surface area contributed by atoms with E-state index in [9.17, 15) is 31.2 Å². The molecule has 1 aliphatic rings. The fourth-order valence-electron chi connectivity index (χ4n) is 3.58. The molecule has 31 heavy (non-hydrogen) atoms. The molecular weight excluding hydrogens is 435 g/mol. The molecule has 1 aromatic carbocycles. The highest BCUT2D eigenvalue weighted by molar-refractivity contribution is 7.90. The summed E-state index contributed by atoms with van der Waals surface area (Å²) in [5, 5.41) is 0. The van der Waals surface area contributed by atoms with Crippen molar-refractivity contribution in [2.24, 2.45) is 11.3 Å². The first-order valence-corrected chi connectivity index (χ1v) is 11.4. The van der Waals surface area contributed by atoms with Gasteiger partial charge in [0.25, 0.3) is 0 Å². The lowest BCUT2D eigenvalue weighted by molar-refractivity contribution is -0.165. The van der Waals surface area contributed by atoms with Crippen molar-refractivity contribution in [1.82, 2.24) is 4.72 Å². The second-order valence-electron chi connectivity index (χ2n) is 9.19. The molecule has 0 bridgehead atoms. The van der Waals surface area contributed by atoms with Crippen LogP contribution in [0.15, 0.2) is 24.3 Å². The Kier molecular flexibility index (Phi) is 6.97. The lowest BCUT2D eigenvalue weighted by Gasteiger charge is -2.39. The molecule has 174 valence electrons. The SMILES string of the molecule is CC(C)[C@@H](C[C@@]1(C(=O)OC(C)(C)C)CCc2ccccc2C1=O)NS(=O)(=O)C(F)(F)F. The summed E-state index contributed by atoms with van der Waals surface area (Å²) in [4.78, 5) is 26.7. The number of Topliss-reactive ketones (excluding diaryl/α,β-unsaturated/α-hetero) is 1. The van der Waals surface area contributed by atoms with E-state index in [2.05, 4.69) is 0 Å². The van der Waals surface area contributed by atoms with Gasteiger partial charge >= 0.3 is 21.5 Å².